The highest BCUT2D eigenvalue weighted by atomic mass is 35.5. The van der Waals surface area contributed by atoms with Crippen molar-refractivity contribution in [3.8, 4) is 0 Å². The molecule has 0 bridgehead atoms. The number of ether oxygens (including phenoxy) is 1. The number of anilines is 2. The minimum Gasteiger partial charge on any atom is -0.456 e. The second-order valence-electron chi connectivity index (χ2n) is 5.62. The Labute approximate surface area is 166 Å². The Hall–Kier alpha value is -2.57. The van der Waals surface area contributed by atoms with Crippen LogP contribution in [0.3, 0.4) is 0 Å². The number of halogens is 2. The van der Waals surface area contributed by atoms with E-state index in [1.807, 2.05) is 0 Å². The maximum Gasteiger partial charge on any atom is 0.306 e. The van der Waals surface area contributed by atoms with E-state index in [1.54, 1.807) is 48.5 Å². The van der Waals surface area contributed by atoms with E-state index in [0.717, 1.165) is 0 Å². The fourth-order valence-electron chi connectivity index (χ4n) is 2.10. The third kappa shape index (κ3) is 8.11. The highest BCUT2D eigenvalue weighted by Crippen LogP contribution is 2.14. The van der Waals surface area contributed by atoms with Crippen LogP contribution in [0, 0.1) is 0 Å². The normalized spacial score (nSPS) is 10.1. The zero-order chi connectivity index (χ0) is 19.6. The number of carbonyl (C=O) groups excluding carboxylic acids is 3. The number of hydrogen-bond donors (Lipinski definition) is 2. The first-order valence-corrected chi connectivity index (χ1v) is 8.94. The summed E-state index contributed by atoms with van der Waals surface area (Å²) in [6.45, 7) is -0.390. The zero-order valence-corrected chi connectivity index (χ0v) is 15.8. The van der Waals surface area contributed by atoms with Gasteiger partial charge < -0.3 is 15.4 Å². The molecule has 6 nitrogen and oxygen atoms in total. The number of esters is 1. The van der Waals surface area contributed by atoms with Crippen LogP contribution in [0.4, 0.5) is 11.4 Å². The van der Waals surface area contributed by atoms with Crippen molar-refractivity contribution in [2.24, 2.45) is 0 Å². The predicted molar refractivity (Wildman–Crippen MR) is 105 cm³/mol. The summed E-state index contributed by atoms with van der Waals surface area (Å²) in [5.74, 6) is -1.21. The molecule has 0 saturated heterocycles. The minimum absolute atomic E-state index is 0.0439. The fourth-order valence-corrected chi connectivity index (χ4v) is 2.35. The van der Waals surface area contributed by atoms with Gasteiger partial charge in [-0.15, -0.1) is 0 Å². The van der Waals surface area contributed by atoms with Gasteiger partial charge in [0.15, 0.2) is 6.61 Å². The fraction of sp³-hybridized carbons (Fsp3) is 0.211. The lowest BCUT2D eigenvalue weighted by molar-refractivity contribution is -0.147. The van der Waals surface area contributed by atoms with Crippen LogP contribution in [0.1, 0.15) is 19.3 Å². The quantitative estimate of drug-likeness (QED) is 0.638. The predicted octanol–water partition coefficient (Wildman–Crippen LogP) is 4.28. The van der Waals surface area contributed by atoms with Gasteiger partial charge in [0.2, 0.25) is 5.91 Å². The molecule has 2 rings (SSSR count). The van der Waals surface area contributed by atoms with Crippen molar-refractivity contribution < 1.29 is 19.1 Å². The lowest BCUT2D eigenvalue weighted by Crippen LogP contribution is -2.21. The van der Waals surface area contributed by atoms with E-state index in [1.165, 1.54) is 0 Å². The third-order valence-corrected chi connectivity index (χ3v) is 3.91. The monoisotopic (exact) mass is 408 g/mol. The third-order valence-electron chi connectivity index (χ3n) is 3.40. The Morgan fingerprint density at radius 2 is 1.22 bits per heavy atom. The molecule has 0 spiro atoms. The SMILES string of the molecule is O=C(CCCC(=O)OCC(=O)Nc1ccc(Cl)cc1)Nc1ccc(Cl)cc1. The molecule has 0 aliphatic carbocycles. The van der Waals surface area contributed by atoms with Crippen molar-refractivity contribution in [3.63, 3.8) is 0 Å². The van der Waals surface area contributed by atoms with Crippen LogP contribution in [0.2, 0.25) is 10.0 Å². The molecule has 0 aromatic heterocycles. The summed E-state index contributed by atoms with van der Waals surface area (Å²) in [6.07, 6.45) is 0.522. The first-order valence-electron chi connectivity index (χ1n) is 8.19. The van der Waals surface area contributed by atoms with E-state index in [4.69, 9.17) is 27.9 Å². The number of rotatable bonds is 8. The number of hydrogen-bond acceptors (Lipinski definition) is 4. The molecule has 0 radical (unpaired) electrons. The van der Waals surface area contributed by atoms with Crippen molar-refractivity contribution in [2.75, 3.05) is 17.2 Å². The van der Waals surface area contributed by atoms with Crippen molar-refractivity contribution in [1.29, 1.82) is 0 Å². The molecule has 0 unspecified atom stereocenters. The molecular weight excluding hydrogens is 391 g/mol. The van der Waals surface area contributed by atoms with E-state index < -0.39 is 18.5 Å². The number of carbonyl (C=O) groups is 3. The van der Waals surface area contributed by atoms with E-state index in [0.29, 0.717) is 27.8 Å². The first kappa shape index (κ1) is 20.7. The summed E-state index contributed by atoms with van der Waals surface area (Å²) in [5, 5.41) is 6.42. The molecule has 0 aliphatic rings. The van der Waals surface area contributed by atoms with Crippen LogP contribution in [0.15, 0.2) is 48.5 Å². The van der Waals surface area contributed by atoms with Crippen molar-refractivity contribution in [2.45, 2.75) is 19.3 Å². The topological polar surface area (TPSA) is 84.5 Å². The molecule has 0 aliphatic heterocycles. The Morgan fingerprint density at radius 3 is 1.74 bits per heavy atom. The van der Waals surface area contributed by atoms with Gasteiger partial charge in [-0.2, -0.15) is 0 Å². The van der Waals surface area contributed by atoms with Gasteiger partial charge in [-0.1, -0.05) is 23.2 Å². The smallest absolute Gasteiger partial charge is 0.306 e. The van der Waals surface area contributed by atoms with Crippen LogP contribution < -0.4 is 10.6 Å². The van der Waals surface area contributed by atoms with Crippen LogP contribution in [0.25, 0.3) is 0 Å². The van der Waals surface area contributed by atoms with E-state index in [9.17, 15) is 14.4 Å². The lowest BCUT2D eigenvalue weighted by atomic mass is 10.2. The Bertz CT molecular complexity index is 792. The van der Waals surface area contributed by atoms with Gasteiger partial charge in [-0.3, -0.25) is 14.4 Å². The maximum absolute atomic E-state index is 11.8. The molecule has 0 saturated carbocycles. The van der Waals surface area contributed by atoms with E-state index in [-0.39, 0.29) is 18.7 Å². The van der Waals surface area contributed by atoms with Crippen LogP contribution in [0.5, 0.6) is 0 Å². The summed E-state index contributed by atoms with van der Waals surface area (Å²) >= 11 is 11.5. The first-order chi connectivity index (χ1) is 12.9. The van der Waals surface area contributed by atoms with Gasteiger partial charge >= 0.3 is 5.97 Å². The molecule has 2 aromatic carbocycles. The second-order valence-corrected chi connectivity index (χ2v) is 6.50. The Morgan fingerprint density at radius 1 is 0.741 bits per heavy atom. The molecule has 142 valence electrons. The summed E-state index contributed by atoms with van der Waals surface area (Å²) in [4.78, 5) is 35.2. The molecule has 2 N–H and O–H groups in total. The van der Waals surface area contributed by atoms with Gasteiger partial charge in [-0.25, -0.2) is 0 Å². The Kier molecular flexibility index (Phi) is 8.10. The van der Waals surface area contributed by atoms with Gasteiger partial charge in [0.1, 0.15) is 0 Å². The van der Waals surface area contributed by atoms with Crippen molar-refractivity contribution in [1.82, 2.24) is 0 Å². The largest absolute Gasteiger partial charge is 0.456 e. The standard InChI is InChI=1S/C19H18Cl2N2O4/c20-13-4-8-15(9-5-13)22-17(24)2-1-3-19(26)27-12-18(25)23-16-10-6-14(21)7-11-16/h4-11H,1-3,12H2,(H,22,24)(H,23,25). The molecular formula is C19H18Cl2N2O4. The number of amides is 2. The van der Waals surface area contributed by atoms with Crippen molar-refractivity contribution >= 4 is 52.4 Å². The van der Waals surface area contributed by atoms with Gasteiger partial charge in [0.05, 0.1) is 0 Å². The summed E-state index contributed by atoms with van der Waals surface area (Å²) in [6, 6.07) is 13.3. The molecule has 0 fully saturated rings. The van der Waals surface area contributed by atoms with E-state index >= 15 is 0 Å². The molecule has 27 heavy (non-hydrogen) atoms. The Balaban J connectivity index is 1.61. The molecule has 0 heterocycles. The average molecular weight is 409 g/mol. The molecule has 8 heteroatoms. The second kappa shape index (κ2) is 10.5. The van der Waals surface area contributed by atoms with Crippen molar-refractivity contribution in [3.05, 3.63) is 58.6 Å². The van der Waals surface area contributed by atoms with E-state index in [2.05, 4.69) is 10.6 Å². The lowest BCUT2D eigenvalue weighted by Gasteiger charge is -2.07. The molecule has 2 amide bonds. The minimum atomic E-state index is -0.541. The summed E-state index contributed by atoms with van der Waals surface area (Å²) in [7, 11) is 0. The molecule has 2 aromatic rings. The van der Waals surface area contributed by atoms with Gasteiger partial charge in [-0.05, 0) is 55.0 Å². The summed E-state index contributed by atoms with van der Waals surface area (Å²) < 4.78 is 4.89. The highest BCUT2D eigenvalue weighted by Gasteiger charge is 2.10. The molecule has 0 atom stereocenters. The number of benzene rings is 2. The van der Waals surface area contributed by atoms with Crippen LogP contribution >= 0.6 is 23.2 Å². The zero-order valence-electron chi connectivity index (χ0n) is 14.3. The van der Waals surface area contributed by atoms with Crippen LogP contribution in [-0.4, -0.2) is 24.4 Å². The van der Waals surface area contributed by atoms with Gasteiger partial charge in [0, 0.05) is 34.3 Å². The summed E-state index contributed by atoms with van der Waals surface area (Å²) in [5.41, 5.74) is 1.19. The maximum atomic E-state index is 11.8. The van der Waals surface area contributed by atoms with Gasteiger partial charge in [0.25, 0.3) is 5.91 Å². The average Bonchev–Trinajstić information content (AvgIpc) is 2.64. The number of nitrogens with one attached hydrogen (secondary N) is 2. The van der Waals surface area contributed by atoms with Crippen LogP contribution in [-0.2, 0) is 19.1 Å². The highest BCUT2D eigenvalue weighted by molar-refractivity contribution is 6.31.